The van der Waals surface area contributed by atoms with Gasteiger partial charge in [-0.3, -0.25) is 0 Å². The Balaban J connectivity index is 1.42. The number of para-hydroxylation sites is 1. The van der Waals surface area contributed by atoms with Crippen LogP contribution in [0.25, 0.3) is 0 Å². The third kappa shape index (κ3) is 2.60. The van der Waals surface area contributed by atoms with Crippen LogP contribution in [-0.2, 0) is 0 Å². The molecule has 0 spiro atoms. The molecule has 2 bridgehead atoms. The summed E-state index contributed by atoms with van der Waals surface area (Å²) in [6, 6.07) is 12.1. The fraction of sp³-hybridized carbons (Fsp3) is 0.353. The monoisotopic (exact) mass is 309 g/mol. The first kappa shape index (κ1) is 14.0. The molecule has 3 aliphatic heterocycles. The van der Waals surface area contributed by atoms with Crippen LogP contribution in [0.15, 0.2) is 42.7 Å². The van der Waals surface area contributed by atoms with Gasteiger partial charge >= 0.3 is 6.03 Å². The van der Waals surface area contributed by atoms with E-state index in [4.69, 9.17) is 0 Å². The lowest BCUT2D eigenvalue weighted by molar-refractivity contribution is 0.0436. The highest BCUT2D eigenvalue weighted by atomic mass is 16.2. The van der Waals surface area contributed by atoms with Crippen LogP contribution >= 0.6 is 0 Å². The van der Waals surface area contributed by atoms with Crippen molar-refractivity contribution in [3.63, 3.8) is 0 Å². The van der Waals surface area contributed by atoms with Gasteiger partial charge in [0.05, 0.1) is 12.1 Å². The molecule has 3 fully saturated rings. The zero-order chi connectivity index (χ0) is 15.8. The summed E-state index contributed by atoms with van der Waals surface area (Å²) in [5.74, 6) is 0.954. The lowest BCUT2D eigenvalue weighted by Gasteiger charge is -2.56. The fourth-order valence-electron chi connectivity index (χ4n) is 3.45. The van der Waals surface area contributed by atoms with Gasteiger partial charge in [0, 0.05) is 30.5 Å². The van der Waals surface area contributed by atoms with E-state index < -0.39 is 0 Å². The normalized spacial score (nSPS) is 22.5. The van der Waals surface area contributed by atoms with E-state index in [0.29, 0.717) is 0 Å². The van der Waals surface area contributed by atoms with Crippen molar-refractivity contribution in [1.82, 2.24) is 14.9 Å². The van der Waals surface area contributed by atoms with Gasteiger partial charge in [-0.2, -0.15) is 0 Å². The summed E-state index contributed by atoms with van der Waals surface area (Å²) in [4.78, 5) is 25.2. The number of piperazine rings is 1. The van der Waals surface area contributed by atoms with E-state index in [9.17, 15) is 4.79 Å². The molecule has 23 heavy (non-hydrogen) atoms. The third-order valence-electron chi connectivity index (χ3n) is 4.57. The van der Waals surface area contributed by atoms with Crippen molar-refractivity contribution in [3.8, 4) is 0 Å². The molecule has 0 aliphatic carbocycles. The molecule has 6 nitrogen and oxygen atoms in total. The van der Waals surface area contributed by atoms with Crippen LogP contribution in [0.1, 0.15) is 12.1 Å². The molecule has 1 aromatic carbocycles. The van der Waals surface area contributed by atoms with Crippen LogP contribution < -0.4 is 10.2 Å². The fourth-order valence-corrected chi connectivity index (χ4v) is 3.45. The smallest absolute Gasteiger partial charge is 0.322 e. The number of hydrogen-bond donors (Lipinski definition) is 1. The molecule has 0 radical (unpaired) electrons. The highest BCUT2D eigenvalue weighted by molar-refractivity contribution is 5.90. The third-order valence-corrected chi connectivity index (χ3v) is 4.57. The maximum Gasteiger partial charge on any atom is 0.322 e. The molecule has 1 N–H and O–H groups in total. The van der Waals surface area contributed by atoms with Crippen molar-refractivity contribution in [2.24, 2.45) is 0 Å². The second kappa shape index (κ2) is 5.53. The van der Waals surface area contributed by atoms with Gasteiger partial charge in [-0.1, -0.05) is 18.2 Å². The van der Waals surface area contributed by atoms with Gasteiger partial charge < -0.3 is 15.1 Å². The Bertz CT molecular complexity index is 708. The lowest BCUT2D eigenvalue weighted by atomic mass is 9.88. The molecule has 2 atom stereocenters. The molecule has 2 aromatic rings. The van der Waals surface area contributed by atoms with Crippen LogP contribution in [0.5, 0.6) is 0 Å². The Labute approximate surface area is 135 Å². The van der Waals surface area contributed by atoms with Crippen molar-refractivity contribution in [1.29, 1.82) is 0 Å². The van der Waals surface area contributed by atoms with Crippen LogP contribution in [0, 0.1) is 6.92 Å². The van der Waals surface area contributed by atoms with Gasteiger partial charge in [-0.25, -0.2) is 14.8 Å². The number of nitrogens with zero attached hydrogens (tertiary/aromatic N) is 4. The molecule has 5 rings (SSSR count). The van der Waals surface area contributed by atoms with Gasteiger partial charge in [-0.05, 0) is 25.5 Å². The number of rotatable bonds is 2. The maximum absolute atomic E-state index is 12.5. The van der Waals surface area contributed by atoms with Crippen molar-refractivity contribution in [2.45, 2.75) is 25.4 Å². The molecule has 118 valence electrons. The van der Waals surface area contributed by atoms with Crippen LogP contribution in [0.3, 0.4) is 0 Å². The number of fused-ring (bicyclic) bond motifs is 2. The highest BCUT2D eigenvalue weighted by Gasteiger charge is 2.47. The van der Waals surface area contributed by atoms with Crippen molar-refractivity contribution < 1.29 is 4.79 Å². The molecule has 0 saturated carbocycles. The van der Waals surface area contributed by atoms with E-state index in [1.54, 1.807) is 6.33 Å². The van der Waals surface area contributed by atoms with Gasteiger partial charge in [0.2, 0.25) is 0 Å². The predicted molar refractivity (Wildman–Crippen MR) is 88.5 cm³/mol. The molecular weight excluding hydrogens is 290 g/mol. The largest absolute Gasteiger partial charge is 0.352 e. The number of amides is 2. The lowest BCUT2D eigenvalue weighted by Crippen LogP contribution is -2.71. The summed E-state index contributed by atoms with van der Waals surface area (Å²) < 4.78 is 0. The van der Waals surface area contributed by atoms with Crippen molar-refractivity contribution in [2.75, 3.05) is 23.3 Å². The van der Waals surface area contributed by atoms with Gasteiger partial charge in [0.25, 0.3) is 0 Å². The molecule has 1 aromatic heterocycles. The number of benzene rings is 1. The standard InChI is InChI=1S/C17H19N5O/c1-12-7-16(19-11-18-12)21-9-14-8-15(10-21)22(14)17(23)20-13-5-3-2-4-6-13/h2-7,11,14-15H,8-10H2,1H3,(H,20,23). The van der Waals surface area contributed by atoms with Crippen LogP contribution in [-0.4, -0.2) is 46.1 Å². The van der Waals surface area contributed by atoms with E-state index in [0.717, 1.165) is 36.7 Å². The number of carbonyl (C=O) groups is 1. The second-order valence-corrected chi connectivity index (χ2v) is 6.17. The maximum atomic E-state index is 12.5. The zero-order valence-corrected chi connectivity index (χ0v) is 13.0. The first-order valence-electron chi connectivity index (χ1n) is 7.88. The number of aryl methyl sites for hydroxylation is 1. The van der Waals surface area contributed by atoms with E-state index in [1.165, 1.54) is 0 Å². The van der Waals surface area contributed by atoms with E-state index >= 15 is 0 Å². The van der Waals surface area contributed by atoms with E-state index in [1.807, 2.05) is 48.2 Å². The van der Waals surface area contributed by atoms with Crippen LogP contribution in [0.2, 0.25) is 0 Å². The first-order valence-corrected chi connectivity index (χ1v) is 7.88. The summed E-state index contributed by atoms with van der Waals surface area (Å²) in [7, 11) is 0. The molecule has 2 amide bonds. The minimum atomic E-state index is -0.00373. The topological polar surface area (TPSA) is 61.4 Å². The second-order valence-electron chi connectivity index (χ2n) is 6.17. The summed E-state index contributed by atoms with van der Waals surface area (Å²) >= 11 is 0. The first-order chi connectivity index (χ1) is 11.2. The Morgan fingerprint density at radius 3 is 2.61 bits per heavy atom. The predicted octanol–water partition coefficient (Wildman–Crippen LogP) is 2.28. The molecule has 3 aliphatic rings. The molecule has 2 unspecified atom stereocenters. The number of urea groups is 1. The number of nitrogens with one attached hydrogen (secondary N) is 1. The van der Waals surface area contributed by atoms with Crippen LogP contribution in [0.4, 0.5) is 16.3 Å². The summed E-state index contributed by atoms with van der Waals surface area (Å²) in [6.45, 7) is 3.62. The number of hydrogen-bond acceptors (Lipinski definition) is 4. The molecule has 6 heteroatoms. The molecule has 4 heterocycles. The summed E-state index contributed by atoms with van der Waals surface area (Å²) in [6.07, 6.45) is 2.67. The minimum absolute atomic E-state index is 0.00373. The average molecular weight is 309 g/mol. The SMILES string of the molecule is Cc1cc(N2CC3CC(C2)N3C(=O)Nc2ccccc2)ncn1. The minimum Gasteiger partial charge on any atom is -0.352 e. The Kier molecular flexibility index (Phi) is 3.37. The van der Waals surface area contributed by atoms with Gasteiger partial charge in [0.15, 0.2) is 0 Å². The Morgan fingerprint density at radius 2 is 1.91 bits per heavy atom. The Hall–Kier alpha value is -2.63. The number of aromatic nitrogens is 2. The summed E-state index contributed by atoms with van der Waals surface area (Å²) in [5, 5.41) is 2.98. The Morgan fingerprint density at radius 1 is 1.17 bits per heavy atom. The molecular formula is C17H19N5O. The van der Waals surface area contributed by atoms with Gasteiger partial charge in [-0.15, -0.1) is 0 Å². The number of piperidine rings is 1. The zero-order valence-electron chi connectivity index (χ0n) is 13.0. The van der Waals surface area contributed by atoms with E-state index in [-0.39, 0.29) is 18.1 Å². The van der Waals surface area contributed by atoms with Crippen molar-refractivity contribution >= 4 is 17.5 Å². The van der Waals surface area contributed by atoms with Crippen molar-refractivity contribution in [3.05, 3.63) is 48.4 Å². The summed E-state index contributed by atoms with van der Waals surface area (Å²) in [5.41, 5.74) is 1.80. The van der Waals surface area contributed by atoms with Gasteiger partial charge in [0.1, 0.15) is 12.1 Å². The number of anilines is 2. The highest BCUT2D eigenvalue weighted by Crippen LogP contribution is 2.34. The number of carbonyl (C=O) groups excluding carboxylic acids is 1. The average Bonchev–Trinajstić information content (AvgIpc) is 2.55. The quantitative estimate of drug-likeness (QED) is 0.924. The molecule has 3 saturated heterocycles. The van der Waals surface area contributed by atoms with E-state index in [2.05, 4.69) is 20.2 Å².